The second-order valence-corrected chi connectivity index (χ2v) is 8.10. The van der Waals surface area contributed by atoms with Crippen LogP contribution in [0.3, 0.4) is 0 Å². The van der Waals surface area contributed by atoms with E-state index in [4.69, 9.17) is 0 Å². The van der Waals surface area contributed by atoms with Crippen molar-refractivity contribution in [2.75, 3.05) is 0 Å². The van der Waals surface area contributed by atoms with Gasteiger partial charge in [-0.3, -0.25) is 0 Å². The maximum absolute atomic E-state index is 13.1. The summed E-state index contributed by atoms with van der Waals surface area (Å²) in [4.78, 5) is 0.411. The summed E-state index contributed by atoms with van der Waals surface area (Å²) >= 11 is 0. The van der Waals surface area contributed by atoms with Crippen molar-refractivity contribution < 1.29 is 12.4 Å². The van der Waals surface area contributed by atoms with Gasteiger partial charge in [0.1, 0.15) is 4.90 Å². The minimum atomic E-state index is -3.42. The third-order valence-corrected chi connectivity index (χ3v) is 6.14. The lowest BCUT2D eigenvalue weighted by molar-refractivity contribution is -0.417. The van der Waals surface area contributed by atoms with Gasteiger partial charge in [0.25, 0.3) is 0 Å². The van der Waals surface area contributed by atoms with Gasteiger partial charge in [-0.25, -0.2) is 0 Å². The topological polar surface area (TPSA) is 37.1 Å². The molecule has 116 valence electrons. The molecule has 1 aromatic carbocycles. The van der Waals surface area contributed by atoms with Gasteiger partial charge >= 0.3 is 10.0 Å². The fourth-order valence-electron chi connectivity index (χ4n) is 3.08. The highest BCUT2D eigenvalue weighted by Crippen LogP contribution is 2.28. The fraction of sp³-hybridized carbons (Fsp3) is 0.588. The van der Waals surface area contributed by atoms with E-state index in [1.54, 1.807) is 16.1 Å². The summed E-state index contributed by atoms with van der Waals surface area (Å²) in [6.45, 7) is 8.29. The van der Waals surface area contributed by atoms with Crippen molar-refractivity contribution in [3.8, 4) is 0 Å². The predicted octanol–water partition coefficient (Wildman–Crippen LogP) is 3.76. The molecule has 0 amide bonds. The van der Waals surface area contributed by atoms with Crippen LogP contribution in [0.2, 0.25) is 0 Å². The molecule has 0 aromatic heterocycles. The monoisotopic (exact) mass is 308 g/mol. The second kappa shape index (κ2) is 6.30. The zero-order valence-electron chi connectivity index (χ0n) is 13.5. The fourth-order valence-corrected chi connectivity index (χ4v) is 5.01. The van der Waals surface area contributed by atoms with Crippen molar-refractivity contribution in [3.05, 3.63) is 29.8 Å². The summed E-state index contributed by atoms with van der Waals surface area (Å²) in [5, 5.41) is 0. The molecule has 0 bridgehead atoms. The zero-order valence-corrected chi connectivity index (χ0v) is 14.3. The van der Waals surface area contributed by atoms with Crippen molar-refractivity contribution in [1.82, 2.24) is 0 Å². The number of nitrogens with zero attached hydrogens (tertiary/aromatic N) is 1. The van der Waals surface area contributed by atoms with Crippen LogP contribution < -0.4 is 0 Å². The van der Waals surface area contributed by atoms with Gasteiger partial charge in [0, 0.05) is 25.2 Å². The van der Waals surface area contributed by atoms with Crippen LogP contribution >= 0.6 is 0 Å². The van der Waals surface area contributed by atoms with Crippen LogP contribution in [0.25, 0.3) is 0 Å². The Hall–Kier alpha value is -1.16. The summed E-state index contributed by atoms with van der Waals surface area (Å²) in [7, 11) is -3.42. The van der Waals surface area contributed by atoms with Crippen molar-refractivity contribution >= 4 is 15.7 Å². The summed E-state index contributed by atoms with van der Waals surface area (Å²) < 4.78 is 27.8. The van der Waals surface area contributed by atoms with E-state index in [0.717, 1.165) is 37.0 Å². The van der Waals surface area contributed by atoms with E-state index in [9.17, 15) is 8.42 Å². The van der Waals surface area contributed by atoms with Crippen LogP contribution in [0.15, 0.2) is 29.2 Å². The average molecular weight is 308 g/mol. The molecule has 0 unspecified atom stereocenters. The highest BCUT2D eigenvalue weighted by molar-refractivity contribution is 7.85. The molecule has 0 spiro atoms. The lowest BCUT2D eigenvalue weighted by Crippen LogP contribution is -2.34. The molecule has 1 heterocycles. The van der Waals surface area contributed by atoms with Crippen LogP contribution in [0, 0.1) is 12.8 Å². The van der Waals surface area contributed by atoms with Crippen molar-refractivity contribution in [3.63, 3.8) is 0 Å². The first-order chi connectivity index (χ1) is 9.87. The van der Waals surface area contributed by atoms with E-state index in [1.807, 2.05) is 19.1 Å². The molecule has 1 aliphatic heterocycles. The van der Waals surface area contributed by atoms with Gasteiger partial charge in [-0.2, -0.15) is 8.42 Å². The predicted molar refractivity (Wildman–Crippen MR) is 86.4 cm³/mol. The Balaban J connectivity index is 2.52. The van der Waals surface area contributed by atoms with E-state index < -0.39 is 10.0 Å². The zero-order chi connectivity index (χ0) is 15.6. The van der Waals surface area contributed by atoms with Crippen molar-refractivity contribution in [1.29, 1.82) is 0 Å². The average Bonchev–Trinajstić information content (AvgIpc) is 2.84. The summed E-state index contributed by atoms with van der Waals surface area (Å²) in [5.74, 6) is 0.333. The van der Waals surface area contributed by atoms with Crippen molar-refractivity contribution in [2.45, 2.75) is 64.3 Å². The Morgan fingerprint density at radius 1 is 1.24 bits per heavy atom. The van der Waals surface area contributed by atoms with E-state index in [1.165, 1.54) is 0 Å². The Morgan fingerprint density at radius 2 is 1.86 bits per heavy atom. The number of sulfonamides is 1. The van der Waals surface area contributed by atoms with Gasteiger partial charge in [0.15, 0.2) is 11.8 Å². The minimum Gasteiger partial charge on any atom is -0.158 e. The summed E-state index contributed by atoms with van der Waals surface area (Å²) in [6, 6.07) is 7.28. The van der Waals surface area contributed by atoms with Crippen LogP contribution in [0.5, 0.6) is 0 Å². The maximum Gasteiger partial charge on any atom is 0.395 e. The van der Waals surface area contributed by atoms with Crippen LogP contribution in [0.1, 0.15) is 52.0 Å². The minimum absolute atomic E-state index is 0.0952. The first kappa shape index (κ1) is 16.2. The lowest BCUT2D eigenvalue weighted by atomic mass is 10.0. The number of benzene rings is 1. The molecular formula is C17H26NO2S+. The Morgan fingerprint density at radius 3 is 2.38 bits per heavy atom. The third kappa shape index (κ3) is 3.20. The smallest absolute Gasteiger partial charge is 0.158 e. The molecule has 0 saturated heterocycles. The SMILES string of the molecule is CCCC1=[N+](S(=O)(=O)c2ccc(C)cc2)[C@H](C(C)C)CC1. The molecule has 21 heavy (non-hydrogen) atoms. The molecular weight excluding hydrogens is 282 g/mol. The molecule has 0 fully saturated rings. The Bertz CT molecular complexity index is 627. The lowest BCUT2D eigenvalue weighted by Gasteiger charge is -2.14. The third-order valence-electron chi connectivity index (χ3n) is 4.23. The molecule has 1 atom stereocenters. The Kier molecular flexibility index (Phi) is 4.87. The first-order valence-electron chi connectivity index (χ1n) is 7.83. The van der Waals surface area contributed by atoms with Gasteiger partial charge in [-0.15, -0.1) is 3.98 Å². The van der Waals surface area contributed by atoms with E-state index in [2.05, 4.69) is 20.8 Å². The molecule has 1 aliphatic rings. The number of rotatable bonds is 5. The van der Waals surface area contributed by atoms with E-state index in [0.29, 0.717) is 10.8 Å². The highest BCUT2D eigenvalue weighted by atomic mass is 32.2. The quantitative estimate of drug-likeness (QED) is 0.777. The normalized spacial score (nSPS) is 19.6. The summed E-state index contributed by atoms with van der Waals surface area (Å²) in [6.07, 6.45) is 3.70. The van der Waals surface area contributed by atoms with Crippen LogP contribution in [-0.2, 0) is 10.0 Å². The van der Waals surface area contributed by atoms with Crippen LogP contribution in [-0.4, -0.2) is 24.2 Å². The molecule has 1 aromatic rings. The molecule has 4 heteroatoms. The number of aryl methyl sites for hydroxylation is 1. The van der Waals surface area contributed by atoms with Crippen LogP contribution in [0.4, 0.5) is 0 Å². The van der Waals surface area contributed by atoms with E-state index in [-0.39, 0.29) is 6.04 Å². The van der Waals surface area contributed by atoms with Gasteiger partial charge in [0.2, 0.25) is 0 Å². The van der Waals surface area contributed by atoms with E-state index >= 15 is 0 Å². The maximum atomic E-state index is 13.1. The number of hydrogen-bond acceptors (Lipinski definition) is 2. The second-order valence-electron chi connectivity index (χ2n) is 6.28. The largest absolute Gasteiger partial charge is 0.395 e. The van der Waals surface area contributed by atoms with Gasteiger partial charge in [-0.05, 0) is 25.5 Å². The standard InChI is InChI=1S/C17H26NO2S/c1-5-6-15-9-12-17(13(2)3)18(15)21(19,20)16-10-7-14(4)8-11-16/h7-8,10-11,13,17H,5-6,9,12H2,1-4H3/q+1/t17-/m0/s1. The Labute approximate surface area is 128 Å². The molecule has 0 N–H and O–H groups in total. The summed E-state index contributed by atoms with van der Waals surface area (Å²) in [5.41, 5.74) is 2.16. The molecule has 3 nitrogen and oxygen atoms in total. The highest BCUT2D eigenvalue weighted by Gasteiger charge is 2.43. The molecule has 0 saturated carbocycles. The molecule has 2 rings (SSSR count). The van der Waals surface area contributed by atoms with Gasteiger partial charge in [-0.1, -0.05) is 38.5 Å². The number of hydrogen-bond donors (Lipinski definition) is 0. The van der Waals surface area contributed by atoms with Gasteiger partial charge < -0.3 is 0 Å². The molecule has 0 aliphatic carbocycles. The van der Waals surface area contributed by atoms with Crippen molar-refractivity contribution in [2.24, 2.45) is 5.92 Å². The first-order valence-corrected chi connectivity index (χ1v) is 9.27. The van der Waals surface area contributed by atoms with Gasteiger partial charge in [0.05, 0.1) is 0 Å². The molecule has 0 radical (unpaired) electrons.